The van der Waals surface area contributed by atoms with Crippen LogP contribution in [0.25, 0.3) is 0 Å². The monoisotopic (exact) mass is 257 g/mol. The van der Waals surface area contributed by atoms with Crippen molar-refractivity contribution in [2.45, 2.75) is 25.8 Å². The number of rotatable bonds is 6. The molecule has 1 rings (SSSR count). The summed E-state index contributed by atoms with van der Waals surface area (Å²) in [7, 11) is 1.76. The van der Waals surface area contributed by atoms with Gasteiger partial charge in [0, 0.05) is 18.0 Å². The molecular formula is C13H17F2NO2. The fourth-order valence-electron chi connectivity index (χ4n) is 1.75. The molecule has 0 saturated carbocycles. The van der Waals surface area contributed by atoms with Crippen LogP contribution < -0.4 is 0 Å². The van der Waals surface area contributed by atoms with Crippen LogP contribution in [0.1, 0.15) is 31.4 Å². The molecule has 0 radical (unpaired) electrons. The minimum Gasteiger partial charge on any atom is -0.481 e. The molecule has 1 unspecified atom stereocenters. The van der Waals surface area contributed by atoms with Gasteiger partial charge in [-0.05, 0) is 45.1 Å². The van der Waals surface area contributed by atoms with E-state index in [4.69, 9.17) is 5.11 Å². The summed E-state index contributed by atoms with van der Waals surface area (Å²) < 4.78 is 26.6. The van der Waals surface area contributed by atoms with Gasteiger partial charge in [0.25, 0.3) is 0 Å². The number of carbonyl (C=O) groups is 1. The smallest absolute Gasteiger partial charge is 0.303 e. The summed E-state index contributed by atoms with van der Waals surface area (Å²) in [4.78, 5) is 12.2. The molecule has 0 spiro atoms. The zero-order chi connectivity index (χ0) is 13.7. The Hall–Kier alpha value is -1.49. The van der Waals surface area contributed by atoms with E-state index >= 15 is 0 Å². The third kappa shape index (κ3) is 4.07. The van der Waals surface area contributed by atoms with Gasteiger partial charge in [0.2, 0.25) is 0 Å². The molecule has 0 heterocycles. The number of hydrogen-bond acceptors (Lipinski definition) is 2. The molecule has 100 valence electrons. The zero-order valence-electron chi connectivity index (χ0n) is 10.5. The lowest BCUT2D eigenvalue weighted by atomic mass is 10.1. The van der Waals surface area contributed by atoms with E-state index in [1.807, 2.05) is 0 Å². The van der Waals surface area contributed by atoms with E-state index in [-0.39, 0.29) is 18.0 Å². The SMILES string of the molecule is CC(c1cc(F)ccc1F)N(C)CCCC(=O)O. The third-order valence-electron chi connectivity index (χ3n) is 2.97. The average molecular weight is 257 g/mol. The Morgan fingerprint density at radius 2 is 2.11 bits per heavy atom. The van der Waals surface area contributed by atoms with E-state index in [9.17, 15) is 13.6 Å². The molecule has 0 bridgehead atoms. The molecule has 0 saturated heterocycles. The molecule has 1 aromatic rings. The van der Waals surface area contributed by atoms with Gasteiger partial charge < -0.3 is 5.11 Å². The molecule has 1 atom stereocenters. The summed E-state index contributed by atoms with van der Waals surface area (Å²) >= 11 is 0. The minimum atomic E-state index is -0.854. The molecule has 3 nitrogen and oxygen atoms in total. The summed E-state index contributed by atoms with van der Waals surface area (Å²) in [5, 5.41) is 8.53. The highest BCUT2D eigenvalue weighted by Crippen LogP contribution is 2.22. The highest BCUT2D eigenvalue weighted by atomic mass is 19.1. The maximum Gasteiger partial charge on any atom is 0.303 e. The predicted molar refractivity (Wildman–Crippen MR) is 64.3 cm³/mol. The van der Waals surface area contributed by atoms with Crippen LogP contribution in [0.2, 0.25) is 0 Å². The van der Waals surface area contributed by atoms with Gasteiger partial charge in [0.15, 0.2) is 0 Å². The first kappa shape index (κ1) is 14.6. The lowest BCUT2D eigenvalue weighted by Gasteiger charge is -2.25. The van der Waals surface area contributed by atoms with Crippen molar-refractivity contribution in [2.75, 3.05) is 13.6 Å². The quantitative estimate of drug-likeness (QED) is 0.852. The van der Waals surface area contributed by atoms with Crippen LogP contribution in [0.15, 0.2) is 18.2 Å². The van der Waals surface area contributed by atoms with E-state index in [2.05, 4.69) is 0 Å². The average Bonchev–Trinajstić information content (AvgIpc) is 2.30. The number of carboxylic acids is 1. The maximum absolute atomic E-state index is 13.5. The van der Waals surface area contributed by atoms with Crippen LogP contribution in [-0.4, -0.2) is 29.6 Å². The van der Waals surface area contributed by atoms with Crippen molar-refractivity contribution in [3.63, 3.8) is 0 Å². The van der Waals surface area contributed by atoms with E-state index < -0.39 is 17.6 Å². The van der Waals surface area contributed by atoms with Crippen molar-refractivity contribution in [2.24, 2.45) is 0 Å². The molecular weight excluding hydrogens is 240 g/mol. The van der Waals surface area contributed by atoms with Crippen molar-refractivity contribution in [1.29, 1.82) is 0 Å². The standard InChI is InChI=1S/C13H17F2NO2/c1-9(16(2)7-3-4-13(17)18)11-8-10(14)5-6-12(11)15/h5-6,8-9H,3-4,7H2,1-2H3,(H,17,18). The first-order chi connectivity index (χ1) is 8.41. The second kappa shape index (κ2) is 6.44. The van der Waals surface area contributed by atoms with Crippen molar-refractivity contribution in [3.05, 3.63) is 35.4 Å². The summed E-state index contributed by atoms with van der Waals surface area (Å²) in [6, 6.07) is 3.06. The van der Waals surface area contributed by atoms with Gasteiger partial charge in [-0.3, -0.25) is 9.69 Å². The van der Waals surface area contributed by atoms with Gasteiger partial charge in [-0.15, -0.1) is 0 Å². The molecule has 0 aromatic heterocycles. The van der Waals surface area contributed by atoms with Crippen LogP contribution >= 0.6 is 0 Å². The summed E-state index contributed by atoms with van der Waals surface area (Å²) in [5.41, 5.74) is 0.285. The Labute approximate surface area is 105 Å². The zero-order valence-corrected chi connectivity index (χ0v) is 10.5. The van der Waals surface area contributed by atoms with Crippen LogP contribution in [-0.2, 0) is 4.79 Å². The summed E-state index contributed by atoms with van der Waals surface area (Å²) in [6.45, 7) is 2.28. The number of halogens is 2. The van der Waals surface area contributed by atoms with Crippen LogP contribution in [0, 0.1) is 11.6 Å². The number of aliphatic carboxylic acids is 1. The second-order valence-electron chi connectivity index (χ2n) is 4.32. The Morgan fingerprint density at radius 3 is 2.72 bits per heavy atom. The Kier molecular flexibility index (Phi) is 5.22. The van der Waals surface area contributed by atoms with E-state index in [1.165, 1.54) is 6.07 Å². The fourth-order valence-corrected chi connectivity index (χ4v) is 1.75. The maximum atomic E-state index is 13.5. The Balaban J connectivity index is 2.64. The topological polar surface area (TPSA) is 40.5 Å². The van der Waals surface area contributed by atoms with Gasteiger partial charge in [-0.25, -0.2) is 8.78 Å². The van der Waals surface area contributed by atoms with Crippen LogP contribution in [0.5, 0.6) is 0 Å². The molecule has 1 aromatic carbocycles. The van der Waals surface area contributed by atoms with Gasteiger partial charge in [-0.2, -0.15) is 0 Å². The van der Waals surface area contributed by atoms with E-state index in [1.54, 1.807) is 18.9 Å². The molecule has 0 amide bonds. The number of hydrogen-bond donors (Lipinski definition) is 1. The highest BCUT2D eigenvalue weighted by Gasteiger charge is 2.16. The summed E-state index contributed by atoms with van der Waals surface area (Å²) in [6.07, 6.45) is 0.551. The largest absolute Gasteiger partial charge is 0.481 e. The van der Waals surface area contributed by atoms with Crippen molar-refractivity contribution in [1.82, 2.24) is 4.90 Å². The number of benzene rings is 1. The molecule has 0 aliphatic carbocycles. The number of nitrogens with zero attached hydrogens (tertiary/aromatic N) is 1. The normalized spacial score (nSPS) is 12.7. The first-order valence-corrected chi connectivity index (χ1v) is 5.78. The number of carboxylic acid groups (broad SMARTS) is 1. The molecule has 18 heavy (non-hydrogen) atoms. The lowest BCUT2D eigenvalue weighted by molar-refractivity contribution is -0.137. The van der Waals surface area contributed by atoms with Gasteiger partial charge in [0.05, 0.1) is 0 Å². The molecule has 0 aliphatic heterocycles. The van der Waals surface area contributed by atoms with E-state index in [0.717, 1.165) is 12.1 Å². The Bertz CT molecular complexity index is 423. The van der Waals surface area contributed by atoms with Gasteiger partial charge in [0.1, 0.15) is 11.6 Å². The molecule has 1 N–H and O–H groups in total. The van der Waals surface area contributed by atoms with E-state index in [0.29, 0.717) is 13.0 Å². The van der Waals surface area contributed by atoms with Crippen LogP contribution in [0.4, 0.5) is 8.78 Å². The minimum absolute atomic E-state index is 0.0721. The Morgan fingerprint density at radius 1 is 1.44 bits per heavy atom. The van der Waals surface area contributed by atoms with Crippen molar-refractivity contribution >= 4 is 5.97 Å². The third-order valence-corrected chi connectivity index (χ3v) is 2.97. The van der Waals surface area contributed by atoms with Crippen molar-refractivity contribution in [3.8, 4) is 0 Å². The lowest BCUT2D eigenvalue weighted by Crippen LogP contribution is -2.24. The summed E-state index contributed by atoms with van der Waals surface area (Å²) in [5.74, 6) is -1.78. The fraction of sp³-hybridized carbons (Fsp3) is 0.462. The first-order valence-electron chi connectivity index (χ1n) is 5.78. The molecule has 0 aliphatic rings. The van der Waals surface area contributed by atoms with Crippen molar-refractivity contribution < 1.29 is 18.7 Å². The molecule has 5 heteroatoms. The van der Waals surface area contributed by atoms with Gasteiger partial charge in [-0.1, -0.05) is 0 Å². The molecule has 0 fully saturated rings. The second-order valence-corrected chi connectivity index (χ2v) is 4.32. The van der Waals surface area contributed by atoms with Gasteiger partial charge >= 0.3 is 5.97 Å². The van der Waals surface area contributed by atoms with Crippen LogP contribution in [0.3, 0.4) is 0 Å². The highest BCUT2D eigenvalue weighted by molar-refractivity contribution is 5.66. The predicted octanol–water partition coefficient (Wildman–Crippen LogP) is 2.82.